The highest BCUT2D eigenvalue weighted by atomic mass is 16.5. The number of rotatable bonds is 3. The van der Waals surface area contributed by atoms with Gasteiger partial charge >= 0.3 is 0 Å². The van der Waals surface area contributed by atoms with Crippen LogP contribution in [-0.4, -0.2) is 49.6 Å². The highest BCUT2D eigenvalue weighted by molar-refractivity contribution is 5.93. The summed E-state index contributed by atoms with van der Waals surface area (Å²) in [5, 5.41) is 4.10. The van der Waals surface area contributed by atoms with Crippen LogP contribution < -0.4 is 0 Å². The molecule has 0 unspecified atom stereocenters. The summed E-state index contributed by atoms with van der Waals surface area (Å²) >= 11 is 0. The van der Waals surface area contributed by atoms with E-state index in [9.17, 15) is 4.79 Å². The number of pyridine rings is 1. The van der Waals surface area contributed by atoms with Crippen LogP contribution in [0.5, 0.6) is 0 Å². The fourth-order valence-corrected chi connectivity index (χ4v) is 3.53. The van der Waals surface area contributed by atoms with Crippen LogP contribution >= 0.6 is 0 Å². The van der Waals surface area contributed by atoms with Gasteiger partial charge in [-0.3, -0.25) is 9.20 Å². The maximum absolute atomic E-state index is 13.3. The third-order valence-electron chi connectivity index (χ3n) is 5.05. The maximum Gasteiger partial charge on any atom is 0.271 e. The second-order valence-corrected chi connectivity index (χ2v) is 6.85. The molecule has 1 saturated heterocycles. The maximum atomic E-state index is 13.3. The quantitative estimate of drug-likeness (QED) is 0.717. The molecule has 1 aliphatic heterocycles. The largest absolute Gasteiger partial charge is 0.374 e. The fourth-order valence-electron chi connectivity index (χ4n) is 3.53. The van der Waals surface area contributed by atoms with Crippen molar-refractivity contribution in [2.24, 2.45) is 0 Å². The standard InChI is InChI=1S/C18H19N5O3/c1-11-15(17-20-16(21-26-17)12-5-6-12)23(9-10-25-11)18(24)13-3-2-4-14-19-7-8-22(13)14/h2-4,7-8,11-12,15H,5-6,9-10H2,1H3/t11-,15+/m1/s1. The summed E-state index contributed by atoms with van der Waals surface area (Å²) in [6.45, 7) is 2.88. The summed E-state index contributed by atoms with van der Waals surface area (Å²) in [5.41, 5.74) is 1.29. The van der Waals surface area contributed by atoms with Gasteiger partial charge in [0.15, 0.2) is 5.82 Å². The Morgan fingerprint density at radius 1 is 1.31 bits per heavy atom. The average Bonchev–Trinajstić information content (AvgIpc) is 3.19. The average molecular weight is 353 g/mol. The Kier molecular flexibility index (Phi) is 3.53. The summed E-state index contributed by atoms with van der Waals surface area (Å²) in [4.78, 5) is 23.9. The van der Waals surface area contributed by atoms with Gasteiger partial charge in [-0.2, -0.15) is 4.98 Å². The number of aromatic nitrogens is 4. The predicted molar refractivity (Wildman–Crippen MR) is 90.7 cm³/mol. The zero-order valence-electron chi connectivity index (χ0n) is 14.4. The first-order valence-electron chi connectivity index (χ1n) is 8.90. The first kappa shape index (κ1) is 15.5. The van der Waals surface area contributed by atoms with Gasteiger partial charge in [0.05, 0.1) is 12.7 Å². The third kappa shape index (κ3) is 2.48. The molecule has 3 aromatic heterocycles. The van der Waals surface area contributed by atoms with Gasteiger partial charge in [0.25, 0.3) is 11.8 Å². The number of hydrogen-bond donors (Lipinski definition) is 0. The van der Waals surface area contributed by atoms with E-state index in [0.717, 1.165) is 24.3 Å². The van der Waals surface area contributed by atoms with E-state index in [-0.39, 0.29) is 12.0 Å². The molecule has 8 heteroatoms. The Morgan fingerprint density at radius 3 is 3.04 bits per heavy atom. The molecule has 2 fully saturated rings. The van der Waals surface area contributed by atoms with E-state index in [4.69, 9.17) is 9.26 Å². The van der Waals surface area contributed by atoms with Gasteiger partial charge in [0, 0.05) is 24.9 Å². The number of morpholine rings is 1. The first-order chi connectivity index (χ1) is 12.7. The van der Waals surface area contributed by atoms with E-state index in [1.54, 1.807) is 27.8 Å². The van der Waals surface area contributed by atoms with Crippen molar-refractivity contribution in [2.75, 3.05) is 13.2 Å². The lowest BCUT2D eigenvalue weighted by Gasteiger charge is -2.37. The summed E-state index contributed by atoms with van der Waals surface area (Å²) < 4.78 is 13.1. The summed E-state index contributed by atoms with van der Waals surface area (Å²) in [6, 6.07) is 5.12. The smallest absolute Gasteiger partial charge is 0.271 e. The lowest BCUT2D eigenvalue weighted by molar-refractivity contribution is -0.0602. The molecular weight excluding hydrogens is 334 g/mol. The van der Waals surface area contributed by atoms with Crippen LogP contribution in [0.15, 0.2) is 35.1 Å². The van der Waals surface area contributed by atoms with Crippen LogP contribution in [0.4, 0.5) is 0 Å². The molecular formula is C18H19N5O3. The highest BCUT2D eigenvalue weighted by Gasteiger charge is 2.40. The Morgan fingerprint density at radius 2 is 2.19 bits per heavy atom. The monoisotopic (exact) mass is 353 g/mol. The molecule has 0 N–H and O–H groups in total. The lowest BCUT2D eigenvalue weighted by Crippen LogP contribution is -2.47. The van der Waals surface area contributed by atoms with Crippen LogP contribution in [-0.2, 0) is 4.74 Å². The molecule has 8 nitrogen and oxygen atoms in total. The molecule has 2 aliphatic rings. The van der Waals surface area contributed by atoms with Crippen molar-refractivity contribution >= 4 is 11.6 Å². The molecule has 134 valence electrons. The van der Waals surface area contributed by atoms with Crippen molar-refractivity contribution in [2.45, 2.75) is 37.8 Å². The molecule has 0 aromatic carbocycles. The normalized spacial score (nSPS) is 23.5. The van der Waals surface area contributed by atoms with Crippen LogP contribution in [0.25, 0.3) is 5.65 Å². The molecule has 4 heterocycles. The molecule has 26 heavy (non-hydrogen) atoms. The summed E-state index contributed by atoms with van der Waals surface area (Å²) in [5.74, 6) is 1.49. The van der Waals surface area contributed by atoms with E-state index in [0.29, 0.717) is 30.7 Å². The first-order valence-corrected chi connectivity index (χ1v) is 8.90. The fraction of sp³-hybridized carbons (Fsp3) is 0.444. The third-order valence-corrected chi connectivity index (χ3v) is 5.05. The van der Waals surface area contributed by atoms with Crippen LogP contribution in [0, 0.1) is 0 Å². The topological polar surface area (TPSA) is 85.8 Å². The van der Waals surface area contributed by atoms with Crippen LogP contribution in [0.1, 0.15) is 53.9 Å². The van der Waals surface area contributed by atoms with Crippen molar-refractivity contribution in [3.8, 4) is 0 Å². The minimum atomic E-state index is -0.393. The Labute approximate surface area is 149 Å². The molecule has 1 aliphatic carbocycles. The second-order valence-electron chi connectivity index (χ2n) is 6.85. The molecule has 5 rings (SSSR count). The number of carbonyl (C=O) groups is 1. The number of imidazole rings is 1. The van der Waals surface area contributed by atoms with Gasteiger partial charge in [-0.25, -0.2) is 4.98 Å². The van der Waals surface area contributed by atoms with Crippen molar-refractivity contribution in [3.63, 3.8) is 0 Å². The van der Waals surface area contributed by atoms with Gasteiger partial charge in [-0.1, -0.05) is 11.2 Å². The molecule has 1 saturated carbocycles. The van der Waals surface area contributed by atoms with Gasteiger partial charge in [0.1, 0.15) is 17.4 Å². The van der Waals surface area contributed by atoms with Crippen molar-refractivity contribution < 1.29 is 14.1 Å². The number of ether oxygens (including phenoxy) is 1. The van der Waals surface area contributed by atoms with E-state index < -0.39 is 6.04 Å². The van der Waals surface area contributed by atoms with Crippen LogP contribution in [0.2, 0.25) is 0 Å². The molecule has 0 bridgehead atoms. The minimum absolute atomic E-state index is 0.0973. The molecule has 3 aromatic rings. The molecule has 0 radical (unpaired) electrons. The summed E-state index contributed by atoms with van der Waals surface area (Å²) in [6.07, 6.45) is 5.45. The van der Waals surface area contributed by atoms with Crippen molar-refractivity contribution in [1.82, 2.24) is 24.4 Å². The van der Waals surface area contributed by atoms with Gasteiger partial charge < -0.3 is 14.2 Å². The van der Waals surface area contributed by atoms with E-state index in [1.165, 1.54) is 0 Å². The number of amides is 1. The lowest BCUT2D eigenvalue weighted by atomic mass is 10.1. The predicted octanol–water partition coefficient (Wildman–Crippen LogP) is 2.20. The zero-order chi connectivity index (χ0) is 17.7. The number of fused-ring (bicyclic) bond motifs is 1. The van der Waals surface area contributed by atoms with Crippen LogP contribution in [0.3, 0.4) is 0 Å². The Bertz CT molecular complexity index is 961. The van der Waals surface area contributed by atoms with Gasteiger partial charge in [0.2, 0.25) is 0 Å². The zero-order valence-corrected chi connectivity index (χ0v) is 14.4. The van der Waals surface area contributed by atoms with Gasteiger partial charge in [-0.05, 0) is 31.9 Å². The Balaban J connectivity index is 1.52. The number of hydrogen-bond acceptors (Lipinski definition) is 6. The van der Waals surface area contributed by atoms with E-state index in [2.05, 4.69) is 15.1 Å². The molecule has 1 amide bonds. The number of nitrogens with zero attached hydrogens (tertiary/aromatic N) is 5. The minimum Gasteiger partial charge on any atom is -0.374 e. The Hall–Kier alpha value is -2.74. The van der Waals surface area contributed by atoms with Crippen molar-refractivity contribution in [1.29, 1.82) is 0 Å². The summed E-state index contributed by atoms with van der Waals surface area (Å²) in [7, 11) is 0. The number of carbonyl (C=O) groups excluding carboxylic acids is 1. The molecule has 0 spiro atoms. The SMILES string of the molecule is C[C@H]1OCCN(C(=O)c2cccc3nccn23)[C@@H]1c1nc(C2CC2)no1. The van der Waals surface area contributed by atoms with E-state index >= 15 is 0 Å². The van der Waals surface area contributed by atoms with Crippen molar-refractivity contribution in [3.05, 3.63) is 48.0 Å². The highest BCUT2D eigenvalue weighted by Crippen LogP contribution is 2.39. The van der Waals surface area contributed by atoms with Gasteiger partial charge in [-0.15, -0.1) is 0 Å². The second kappa shape index (κ2) is 5.91. The van der Waals surface area contributed by atoms with E-state index in [1.807, 2.05) is 19.1 Å². The molecule has 2 atom stereocenters.